The molecule has 1 unspecified atom stereocenters. The fraction of sp³-hybridized carbons (Fsp3) is 0.0455. The fourth-order valence-electron chi connectivity index (χ4n) is 6.01. The van der Waals surface area contributed by atoms with E-state index in [-0.39, 0.29) is 6.04 Å². The first kappa shape index (κ1) is 31.7. The van der Waals surface area contributed by atoms with Crippen LogP contribution in [0.4, 0.5) is 5.69 Å². The van der Waals surface area contributed by atoms with Gasteiger partial charge in [-0.3, -0.25) is 4.99 Å². The number of hydrogen-bond acceptors (Lipinski definition) is 4. The summed E-state index contributed by atoms with van der Waals surface area (Å²) in [4.78, 5) is 7.31. The van der Waals surface area contributed by atoms with E-state index in [0.717, 1.165) is 66.9 Å². The maximum absolute atomic E-state index is 6.49. The Labute approximate surface area is 282 Å². The second-order valence-corrected chi connectivity index (χ2v) is 11.4. The zero-order chi connectivity index (χ0) is 33.5. The van der Waals surface area contributed by atoms with Gasteiger partial charge >= 0.3 is 0 Å². The third kappa shape index (κ3) is 6.51. The number of ether oxygens (including phenoxy) is 1. The molecule has 0 fully saturated rings. The van der Waals surface area contributed by atoms with Gasteiger partial charge in [0.1, 0.15) is 17.6 Å². The van der Waals surface area contributed by atoms with E-state index in [2.05, 4.69) is 153 Å². The molecular weight excluding hydrogens is 587 g/mol. The maximum Gasteiger partial charge on any atom is 0.135 e. The molecule has 0 radical (unpaired) electrons. The predicted molar refractivity (Wildman–Crippen MR) is 203 cm³/mol. The number of fused-ring (bicyclic) bond motifs is 7. The van der Waals surface area contributed by atoms with Crippen molar-refractivity contribution in [2.75, 3.05) is 4.90 Å². The Morgan fingerprint density at radius 1 is 0.688 bits per heavy atom. The molecular formula is C44H37N3O. The Balaban J connectivity index is 0.00000197. The molecule has 48 heavy (non-hydrogen) atoms. The molecule has 234 valence electrons. The summed E-state index contributed by atoms with van der Waals surface area (Å²) in [6, 6.07) is 41.8. The van der Waals surface area contributed by atoms with Crippen LogP contribution in [0.5, 0.6) is 5.75 Å². The molecule has 0 aromatic heterocycles. The van der Waals surface area contributed by atoms with Gasteiger partial charge in [0, 0.05) is 34.9 Å². The molecule has 2 aliphatic rings. The number of aliphatic imine (C=N–C) groups is 1. The normalized spacial score (nSPS) is 14.9. The fourth-order valence-corrected chi connectivity index (χ4v) is 6.01. The van der Waals surface area contributed by atoms with Crippen molar-refractivity contribution in [3.05, 3.63) is 210 Å². The summed E-state index contributed by atoms with van der Waals surface area (Å²) < 4.78 is 6.49. The van der Waals surface area contributed by atoms with Crippen molar-refractivity contribution in [2.45, 2.75) is 13.0 Å². The van der Waals surface area contributed by atoms with Crippen molar-refractivity contribution in [3.63, 3.8) is 0 Å². The quantitative estimate of drug-likeness (QED) is 0.198. The molecule has 0 spiro atoms. The lowest BCUT2D eigenvalue weighted by Crippen LogP contribution is -2.08. The monoisotopic (exact) mass is 623 g/mol. The van der Waals surface area contributed by atoms with Crippen LogP contribution in [-0.2, 0) is 0 Å². The molecule has 7 rings (SSSR count). The van der Waals surface area contributed by atoms with Crippen LogP contribution in [0.3, 0.4) is 0 Å². The highest BCUT2D eigenvalue weighted by molar-refractivity contribution is 6.02. The highest BCUT2D eigenvalue weighted by Crippen LogP contribution is 2.44. The molecule has 4 heteroatoms. The highest BCUT2D eigenvalue weighted by Gasteiger charge is 2.24. The molecule has 2 bridgehead atoms. The molecule has 0 amide bonds. The first-order valence-electron chi connectivity index (χ1n) is 15.8. The molecule has 4 nitrogen and oxygen atoms in total. The molecule has 5 aromatic carbocycles. The number of hydrogen-bond donors (Lipinski definition) is 1. The standard InChI is InChI=1S/C43H34N2O.CH3N/c1-30-31(2)40-21-13-29-45(28-12-20-38(30)42-39-19-11-10-16-34(39)24-27-41(42)46-40)37-25-22-36(23-26-37)43(35-17-8-5-9-18-35)44-32(3)33-14-6-4-7-15-33;1-2/h4-29,43H,1-2H2,3H3;2H,1H2. The predicted octanol–water partition coefficient (Wildman–Crippen LogP) is 11.0. The summed E-state index contributed by atoms with van der Waals surface area (Å²) >= 11 is 0. The van der Waals surface area contributed by atoms with E-state index in [1.54, 1.807) is 0 Å². The average Bonchev–Trinajstić information content (AvgIpc) is 3.25. The molecule has 2 aliphatic heterocycles. The largest absolute Gasteiger partial charge is 0.456 e. The molecule has 5 aromatic rings. The Bertz CT molecular complexity index is 2120. The van der Waals surface area contributed by atoms with Crippen molar-refractivity contribution in [1.29, 1.82) is 5.41 Å². The first-order chi connectivity index (χ1) is 23.6. The SMILES string of the molecule is C=C1C(=C)C2=CC=CN(c3ccc(C(N=C(C)c4ccccc4)c4ccccc4)cc3)C=CC=C1Oc1ccc3ccccc3c12.C=N. The number of rotatable bonds is 5. The van der Waals surface area contributed by atoms with Crippen LogP contribution in [0.1, 0.15) is 35.2 Å². The van der Waals surface area contributed by atoms with Gasteiger partial charge in [-0.15, -0.1) is 0 Å². The minimum absolute atomic E-state index is 0.123. The van der Waals surface area contributed by atoms with E-state index in [4.69, 9.17) is 15.1 Å². The summed E-state index contributed by atoms with van der Waals surface area (Å²) in [7, 11) is 0. The van der Waals surface area contributed by atoms with Crippen LogP contribution >= 0.6 is 0 Å². The van der Waals surface area contributed by atoms with E-state index < -0.39 is 0 Å². The minimum atomic E-state index is -0.123. The second-order valence-electron chi connectivity index (χ2n) is 11.4. The summed E-state index contributed by atoms with van der Waals surface area (Å²) in [5.74, 6) is 1.47. The van der Waals surface area contributed by atoms with Gasteiger partial charge in [0.15, 0.2) is 0 Å². The lowest BCUT2D eigenvalue weighted by Gasteiger charge is -2.19. The Morgan fingerprint density at radius 3 is 2.04 bits per heavy atom. The summed E-state index contributed by atoms with van der Waals surface area (Å²) in [5, 5.41) is 7.77. The minimum Gasteiger partial charge on any atom is -0.456 e. The van der Waals surface area contributed by atoms with Gasteiger partial charge in [0.05, 0.1) is 0 Å². The molecule has 0 saturated heterocycles. The molecule has 1 N–H and O–H groups in total. The van der Waals surface area contributed by atoms with E-state index >= 15 is 0 Å². The zero-order valence-electron chi connectivity index (χ0n) is 27.0. The van der Waals surface area contributed by atoms with Crippen LogP contribution in [-0.4, -0.2) is 12.4 Å². The maximum atomic E-state index is 6.49. The van der Waals surface area contributed by atoms with Gasteiger partial charge in [0.25, 0.3) is 0 Å². The zero-order valence-corrected chi connectivity index (χ0v) is 27.0. The van der Waals surface area contributed by atoms with Gasteiger partial charge in [-0.25, -0.2) is 0 Å². The Kier molecular flexibility index (Phi) is 9.54. The third-order valence-electron chi connectivity index (χ3n) is 8.51. The first-order valence-corrected chi connectivity index (χ1v) is 15.8. The van der Waals surface area contributed by atoms with Crippen molar-refractivity contribution in [3.8, 4) is 5.75 Å². The summed E-state index contributed by atoms with van der Waals surface area (Å²) in [5.41, 5.74) is 9.05. The van der Waals surface area contributed by atoms with E-state index in [1.165, 1.54) is 0 Å². The molecule has 1 atom stereocenters. The smallest absolute Gasteiger partial charge is 0.135 e. The number of allylic oxidation sites excluding steroid dienone is 6. The van der Waals surface area contributed by atoms with Gasteiger partial charge < -0.3 is 15.0 Å². The van der Waals surface area contributed by atoms with Gasteiger partial charge in [-0.1, -0.05) is 122 Å². The van der Waals surface area contributed by atoms with Gasteiger partial charge in [-0.05, 0) is 88.7 Å². The second kappa shape index (κ2) is 14.4. The van der Waals surface area contributed by atoms with Crippen molar-refractivity contribution in [1.82, 2.24) is 0 Å². The van der Waals surface area contributed by atoms with E-state index in [0.29, 0.717) is 5.76 Å². The van der Waals surface area contributed by atoms with Crippen LogP contribution in [0.25, 0.3) is 16.3 Å². The van der Waals surface area contributed by atoms with Gasteiger partial charge in [-0.2, -0.15) is 0 Å². The van der Waals surface area contributed by atoms with Crippen molar-refractivity contribution in [2.24, 2.45) is 4.99 Å². The number of benzene rings is 5. The lowest BCUT2D eigenvalue weighted by molar-refractivity contribution is 0.441. The summed E-state index contributed by atoms with van der Waals surface area (Å²) in [6.07, 6.45) is 12.2. The van der Waals surface area contributed by atoms with Crippen LogP contribution in [0, 0.1) is 5.41 Å². The number of nitrogens with one attached hydrogen (secondary N) is 1. The average molecular weight is 624 g/mol. The topological polar surface area (TPSA) is 48.7 Å². The number of nitrogens with zero attached hydrogens (tertiary/aromatic N) is 2. The lowest BCUT2D eigenvalue weighted by atomic mass is 9.90. The van der Waals surface area contributed by atoms with Crippen LogP contribution in [0.15, 0.2) is 193 Å². The Hall–Kier alpha value is -6.26. The van der Waals surface area contributed by atoms with Crippen LogP contribution < -0.4 is 9.64 Å². The molecule has 0 aliphatic carbocycles. The summed E-state index contributed by atoms with van der Waals surface area (Å²) in [6.45, 7) is 13.4. The Morgan fingerprint density at radius 2 is 1.31 bits per heavy atom. The third-order valence-corrected chi connectivity index (χ3v) is 8.51. The number of anilines is 1. The molecule has 2 heterocycles. The van der Waals surface area contributed by atoms with Crippen molar-refractivity contribution < 1.29 is 4.74 Å². The van der Waals surface area contributed by atoms with Crippen LogP contribution in [0.2, 0.25) is 0 Å². The van der Waals surface area contributed by atoms with E-state index in [1.807, 2.05) is 36.6 Å². The van der Waals surface area contributed by atoms with E-state index in [9.17, 15) is 0 Å². The van der Waals surface area contributed by atoms with Gasteiger partial charge in [0.2, 0.25) is 0 Å². The highest BCUT2D eigenvalue weighted by atomic mass is 16.5. The molecule has 0 saturated carbocycles. The van der Waals surface area contributed by atoms with Crippen molar-refractivity contribution >= 4 is 34.5 Å².